The average Bonchev–Trinajstić information content (AvgIpc) is 2.71. The number of carbonyl (C=O) groups excluding carboxylic acids is 2. The zero-order valence-electron chi connectivity index (χ0n) is 17.2. The van der Waals surface area contributed by atoms with Gasteiger partial charge in [-0.1, -0.05) is 32.9 Å². The normalized spacial score (nSPS) is 11.8. The number of amides is 1. The van der Waals surface area contributed by atoms with E-state index in [9.17, 15) is 9.59 Å². The highest BCUT2D eigenvalue weighted by molar-refractivity contribution is 6.05. The van der Waals surface area contributed by atoms with E-state index in [0.717, 1.165) is 12.8 Å². The molecule has 5 heteroatoms. The van der Waals surface area contributed by atoms with Crippen LogP contribution in [0.15, 0.2) is 42.5 Å². The second kappa shape index (κ2) is 9.93. The Kier molecular flexibility index (Phi) is 7.61. The molecule has 0 fully saturated rings. The van der Waals surface area contributed by atoms with Gasteiger partial charge < -0.3 is 14.8 Å². The summed E-state index contributed by atoms with van der Waals surface area (Å²) in [6.45, 7) is 6.60. The summed E-state index contributed by atoms with van der Waals surface area (Å²) in [6.07, 6.45) is 2.13. The van der Waals surface area contributed by atoms with Crippen molar-refractivity contribution < 1.29 is 19.1 Å². The van der Waals surface area contributed by atoms with Crippen molar-refractivity contribution >= 4 is 17.6 Å². The summed E-state index contributed by atoms with van der Waals surface area (Å²) in [7, 11) is 2.78. The molecule has 28 heavy (non-hydrogen) atoms. The van der Waals surface area contributed by atoms with Crippen LogP contribution < -0.4 is 10.1 Å². The highest BCUT2D eigenvalue weighted by Gasteiger charge is 2.16. The molecule has 0 saturated heterocycles. The number of methoxy groups -OCH3 is 2. The number of rotatable bonds is 8. The van der Waals surface area contributed by atoms with Gasteiger partial charge >= 0.3 is 5.97 Å². The van der Waals surface area contributed by atoms with Crippen LogP contribution in [0.1, 0.15) is 65.8 Å². The molecule has 0 aliphatic heterocycles. The molecule has 0 aromatic heterocycles. The first-order valence-corrected chi connectivity index (χ1v) is 9.57. The highest BCUT2D eigenvalue weighted by Crippen LogP contribution is 2.28. The van der Waals surface area contributed by atoms with E-state index in [4.69, 9.17) is 9.47 Å². The Hall–Kier alpha value is -2.82. The third-order valence-electron chi connectivity index (χ3n) is 4.73. The maximum atomic E-state index is 12.7. The van der Waals surface area contributed by atoms with Crippen molar-refractivity contribution in [3.8, 4) is 5.75 Å². The molecule has 0 bridgehead atoms. The quantitative estimate of drug-likeness (QED) is 0.630. The van der Waals surface area contributed by atoms with E-state index in [0.29, 0.717) is 34.4 Å². The third kappa shape index (κ3) is 5.35. The summed E-state index contributed by atoms with van der Waals surface area (Å²) in [5.74, 6) is 0.698. The van der Waals surface area contributed by atoms with Gasteiger partial charge in [0.15, 0.2) is 0 Å². The Balaban J connectivity index is 2.21. The van der Waals surface area contributed by atoms with Crippen LogP contribution in [0.25, 0.3) is 0 Å². The molecule has 2 aromatic rings. The van der Waals surface area contributed by atoms with Crippen LogP contribution in [0, 0.1) is 5.92 Å². The van der Waals surface area contributed by atoms with Gasteiger partial charge in [0.25, 0.3) is 5.91 Å². The maximum Gasteiger partial charge on any atom is 0.341 e. The molecular formula is C23H29NO4. The maximum absolute atomic E-state index is 12.7. The molecule has 0 radical (unpaired) electrons. The summed E-state index contributed by atoms with van der Waals surface area (Å²) in [5.41, 5.74) is 2.65. The molecule has 0 aliphatic carbocycles. The van der Waals surface area contributed by atoms with Gasteiger partial charge in [0, 0.05) is 17.3 Å². The van der Waals surface area contributed by atoms with Crippen molar-refractivity contribution in [2.24, 2.45) is 5.92 Å². The van der Waals surface area contributed by atoms with E-state index in [1.54, 1.807) is 24.3 Å². The van der Waals surface area contributed by atoms with Crippen LogP contribution in [0.5, 0.6) is 5.75 Å². The number of carbonyl (C=O) groups is 2. The van der Waals surface area contributed by atoms with E-state index in [-0.39, 0.29) is 5.91 Å². The summed E-state index contributed by atoms with van der Waals surface area (Å²) >= 11 is 0. The number of hydrogen-bond acceptors (Lipinski definition) is 4. The van der Waals surface area contributed by atoms with Crippen LogP contribution in [0.2, 0.25) is 0 Å². The van der Waals surface area contributed by atoms with Crippen molar-refractivity contribution in [3.05, 3.63) is 59.2 Å². The predicted octanol–water partition coefficient (Wildman–Crippen LogP) is 5.27. The summed E-state index contributed by atoms with van der Waals surface area (Å²) < 4.78 is 9.98. The van der Waals surface area contributed by atoms with Gasteiger partial charge in [-0.05, 0) is 54.5 Å². The van der Waals surface area contributed by atoms with Gasteiger partial charge in [-0.25, -0.2) is 4.79 Å². The lowest BCUT2D eigenvalue weighted by molar-refractivity contribution is 0.0597. The van der Waals surface area contributed by atoms with Crippen LogP contribution in [-0.4, -0.2) is 26.1 Å². The molecule has 1 amide bonds. The summed E-state index contributed by atoms with van der Waals surface area (Å²) in [4.78, 5) is 24.5. The standard InChI is InChI=1S/C23H29NO4/c1-6-16(12-15(2)3)17-8-7-9-18(13-17)22(25)24-19-10-11-20(23(26)28-5)21(14-19)27-4/h7-11,13-16H,6,12H2,1-5H3,(H,24,25). The SMILES string of the molecule is CCC(CC(C)C)c1cccc(C(=O)Nc2ccc(C(=O)OC)c(OC)c2)c1. The number of anilines is 1. The van der Waals surface area contributed by atoms with Gasteiger partial charge in [0.2, 0.25) is 0 Å². The molecule has 1 N–H and O–H groups in total. The van der Waals surface area contributed by atoms with Crippen LogP contribution >= 0.6 is 0 Å². The Morgan fingerprint density at radius 1 is 1.07 bits per heavy atom. The molecule has 1 unspecified atom stereocenters. The predicted molar refractivity (Wildman–Crippen MR) is 111 cm³/mol. The smallest absolute Gasteiger partial charge is 0.341 e. The van der Waals surface area contributed by atoms with Gasteiger partial charge in [-0.15, -0.1) is 0 Å². The minimum Gasteiger partial charge on any atom is -0.496 e. The van der Waals surface area contributed by atoms with Crippen LogP contribution in [-0.2, 0) is 4.74 Å². The van der Waals surface area contributed by atoms with Crippen LogP contribution in [0.4, 0.5) is 5.69 Å². The first kappa shape index (κ1) is 21.5. The fraction of sp³-hybridized carbons (Fsp3) is 0.391. The number of hydrogen-bond donors (Lipinski definition) is 1. The Labute approximate surface area is 167 Å². The molecule has 0 saturated carbocycles. The Morgan fingerprint density at radius 3 is 2.43 bits per heavy atom. The third-order valence-corrected chi connectivity index (χ3v) is 4.73. The van der Waals surface area contributed by atoms with Crippen LogP contribution in [0.3, 0.4) is 0 Å². The lowest BCUT2D eigenvalue weighted by Gasteiger charge is -2.18. The van der Waals surface area contributed by atoms with Gasteiger partial charge in [-0.2, -0.15) is 0 Å². The summed E-state index contributed by atoms with van der Waals surface area (Å²) in [5, 5.41) is 2.87. The molecule has 2 rings (SSSR count). The first-order valence-electron chi connectivity index (χ1n) is 9.57. The number of nitrogens with one attached hydrogen (secondary N) is 1. The molecule has 150 valence electrons. The van der Waals surface area contributed by atoms with Gasteiger partial charge in [0.05, 0.1) is 14.2 Å². The number of benzene rings is 2. The van der Waals surface area contributed by atoms with Gasteiger partial charge in [-0.3, -0.25) is 4.79 Å². The molecule has 5 nitrogen and oxygen atoms in total. The highest BCUT2D eigenvalue weighted by atomic mass is 16.5. The van der Waals surface area contributed by atoms with E-state index in [1.165, 1.54) is 19.8 Å². The molecule has 2 aromatic carbocycles. The fourth-order valence-electron chi connectivity index (χ4n) is 3.29. The molecule has 0 aliphatic rings. The van der Waals surface area contributed by atoms with Crippen molar-refractivity contribution in [2.45, 2.75) is 39.5 Å². The number of ether oxygens (including phenoxy) is 2. The zero-order valence-corrected chi connectivity index (χ0v) is 17.2. The van der Waals surface area contributed by atoms with Crippen molar-refractivity contribution in [1.82, 2.24) is 0 Å². The van der Waals surface area contributed by atoms with E-state index in [2.05, 4.69) is 32.2 Å². The lowest BCUT2D eigenvalue weighted by atomic mass is 9.87. The van der Waals surface area contributed by atoms with E-state index < -0.39 is 5.97 Å². The second-order valence-electron chi connectivity index (χ2n) is 7.22. The molecule has 0 heterocycles. The summed E-state index contributed by atoms with van der Waals surface area (Å²) in [6, 6.07) is 12.6. The second-order valence-corrected chi connectivity index (χ2v) is 7.22. The molecular weight excluding hydrogens is 354 g/mol. The minimum atomic E-state index is -0.488. The first-order chi connectivity index (χ1) is 13.4. The van der Waals surface area contributed by atoms with Gasteiger partial charge in [0.1, 0.15) is 11.3 Å². The lowest BCUT2D eigenvalue weighted by Crippen LogP contribution is -2.13. The topological polar surface area (TPSA) is 64.6 Å². The average molecular weight is 383 g/mol. The Bertz CT molecular complexity index is 829. The van der Waals surface area contributed by atoms with Crippen molar-refractivity contribution in [2.75, 3.05) is 19.5 Å². The minimum absolute atomic E-state index is 0.200. The largest absolute Gasteiger partial charge is 0.496 e. The van der Waals surface area contributed by atoms with E-state index in [1.807, 2.05) is 12.1 Å². The monoisotopic (exact) mass is 383 g/mol. The molecule has 0 spiro atoms. The van der Waals surface area contributed by atoms with Crippen molar-refractivity contribution in [3.63, 3.8) is 0 Å². The molecule has 1 atom stereocenters. The Morgan fingerprint density at radius 2 is 1.82 bits per heavy atom. The zero-order chi connectivity index (χ0) is 20.7. The number of esters is 1. The van der Waals surface area contributed by atoms with Crippen molar-refractivity contribution in [1.29, 1.82) is 0 Å². The van der Waals surface area contributed by atoms with E-state index >= 15 is 0 Å². The fourth-order valence-corrected chi connectivity index (χ4v) is 3.29.